The molecule has 25 heavy (non-hydrogen) atoms. The fourth-order valence-electron chi connectivity index (χ4n) is 2.84. The second kappa shape index (κ2) is 5.94. The third kappa shape index (κ3) is 2.80. The van der Waals surface area contributed by atoms with Crippen molar-refractivity contribution in [1.29, 1.82) is 0 Å². The van der Waals surface area contributed by atoms with Crippen molar-refractivity contribution in [3.63, 3.8) is 0 Å². The molecule has 0 aliphatic heterocycles. The van der Waals surface area contributed by atoms with E-state index in [2.05, 4.69) is 0 Å². The lowest BCUT2D eigenvalue weighted by atomic mass is 10.1. The zero-order valence-electron chi connectivity index (χ0n) is 13.6. The largest absolute Gasteiger partial charge is 0.459 e. The molecule has 5 nitrogen and oxygen atoms in total. The highest BCUT2D eigenvalue weighted by Gasteiger charge is 2.19. The minimum atomic E-state index is -0.639. The Balaban J connectivity index is 1.63. The summed E-state index contributed by atoms with van der Waals surface area (Å²) in [5.41, 5.74) is 0.602. The highest BCUT2D eigenvalue weighted by atomic mass is 16.4. The maximum absolute atomic E-state index is 12.7. The molecule has 124 valence electrons. The number of hydrogen-bond donors (Lipinski definition) is 0. The molecule has 4 rings (SSSR count). The van der Waals surface area contributed by atoms with Gasteiger partial charge in [0.2, 0.25) is 0 Å². The van der Waals surface area contributed by atoms with E-state index in [1.807, 2.05) is 36.4 Å². The molecule has 0 bridgehead atoms. The van der Waals surface area contributed by atoms with Gasteiger partial charge in [-0.3, -0.25) is 4.79 Å². The SMILES string of the molecule is CN(Cc1cc2ccccc2o1)C(=O)c1cc2ccccc2oc1=O. The molecule has 5 heteroatoms. The summed E-state index contributed by atoms with van der Waals surface area (Å²) in [4.78, 5) is 26.2. The Morgan fingerprint density at radius 2 is 1.52 bits per heavy atom. The number of furan rings is 1. The lowest BCUT2D eigenvalue weighted by molar-refractivity contribution is 0.0772. The Bertz CT molecular complexity index is 1110. The van der Waals surface area contributed by atoms with E-state index in [9.17, 15) is 9.59 Å². The van der Waals surface area contributed by atoms with Crippen LogP contribution < -0.4 is 5.63 Å². The number of carbonyl (C=O) groups excluding carboxylic acids is 1. The summed E-state index contributed by atoms with van der Waals surface area (Å²) in [5, 5.41) is 1.69. The Hall–Kier alpha value is -3.34. The lowest BCUT2D eigenvalue weighted by Gasteiger charge is -2.15. The number of fused-ring (bicyclic) bond motifs is 2. The molecule has 0 saturated heterocycles. The van der Waals surface area contributed by atoms with Gasteiger partial charge in [-0.1, -0.05) is 36.4 Å². The van der Waals surface area contributed by atoms with E-state index in [-0.39, 0.29) is 12.1 Å². The minimum absolute atomic E-state index is 0.0114. The molecule has 0 aliphatic carbocycles. The molecule has 0 spiro atoms. The van der Waals surface area contributed by atoms with Crippen LogP contribution in [-0.4, -0.2) is 17.9 Å². The highest BCUT2D eigenvalue weighted by molar-refractivity contribution is 5.96. The second-order valence-corrected chi connectivity index (χ2v) is 5.90. The highest BCUT2D eigenvalue weighted by Crippen LogP contribution is 2.20. The van der Waals surface area contributed by atoms with Gasteiger partial charge in [0.05, 0.1) is 6.54 Å². The van der Waals surface area contributed by atoms with E-state index in [4.69, 9.17) is 8.83 Å². The number of benzene rings is 2. The monoisotopic (exact) mass is 333 g/mol. The molecule has 2 heterocycles. The van der Waals surface area contributed by atoms with E-state index in [1.54, 1.807) is 31.3 Å². The van der Waals surface area contributed by atoms with Crippen LogP contribution in [0.5, 0.6) is 0 Å². The van der Waals surface area contributed by atoms with E-state index in [0.29, 0.717) is 16.7 Å². The number of nitrogens with zero attached hydrogens (tertiary/aromatic N) is 1. The third-order valence-electron chi connectivity index (χ3n) is 4.09. The van der Waals surface area contributed by atoms with Gasteiger partial charge in [-0.25, -0.2) is 4.79 Å². The zero-order valence-corrected chi connectivity index (χ0v) is 13.6. The first-order valence-corrected chi connectivity index (χ1v) is 7.87. The van der Waals surface area contributed by atoms with Gasteiger partial charge >= 0.3 is 5.63 Å². The van der Waals surface area contributed by atoms with Crippen molar-refractivity contribution >= 4 is 27.8 Å². The average molecular weight is 333 g/mol. The van der Waals surface area contributed by atoms with Gasteiger partial charge in [-0.2, -0.15) is 0 Å². The fraction of sp³-hybridized carbons (Fsp3) is 0.100. The van der Waals surface area contributed by atoms with Crippen LogP contribution in [0.3, 0.4) is 0 Å². The van der Waals surface area contributed by atoms with Crippen molar-refractivity contribution in [2.75, 3.05) is 7.05 Å². The van der Waals surface area contributed by atoms with E-state index < -0.39 is 11.5 Å². The van der Waals surface area contributed by atoms with Crippen LogP contribution in [-0.2, 0) is 6.54 Å². The smallest absolute Gasteiger partial charge is 0.349 e. The van der Waals surface area contributed by atoms with Gasteiger partial charge in [0.25, 0.3) is 5.91 Å². The van der Waals surface area contributed by atoms with Crippen molar-refractivity contribution in [3.8, 4) is 0 Å². The number of para-hydroxylation sites is 2. The summed E-state index contributed by atoms with van der Waals surface area (Å²) in [6.45, 7) is 0.264. The predicted molar refractivity (Wildman–Crippen MR) is 94.5 cm³/mol. The molecular weight excluding hydrogens is 318 g/mol. The zero-order chi connectivity index (χ0) is 17.4. The summed E-state index contributed by atoms with van der Waals surface area (Å²) < 4.78 is 11.0. The summed E-state index contributed by atoms with van der Waals surface area (Å²) >= 11 is 0. The summed E-state index contributed by atoms with van der Waals surface area (Å²) in [6.07, 6.45) is 0. The van der Waals surface area contributed by atoms with E-state index in [0.717, 1.165) is 11.0 Å². The molecule has 0 N–H and O–H groups in total. The quantitative estimate of drug-likeness (QED) is 0.535. The topological polar surface area (TPSA) is 63.7 Å². The van der Waals surface area contributed by atoms with E-state index >= 15 is 0 Å². The van der Waals surface area contributed by atoms with Crippen LogP contribution in [0.25, 0.3) is 21.9 Å². The molecule has 4 aromatic rings. The molecule has 0 aliphatic rings. The van der Waals surface area contributed by atoms with Gasteiger partial charge < -0.3 is 13.7 Å². The van der Waals surface area contributed by atoms with Crippen molar-refractivity contribution in [2.24, 2.45) is 0 Å². The normalized spacial score (nSPS) is 11.1. The van der Waals surface area contributed by atoms with Crippen molar-refractivity contribution in [1.82, 2.24) is 4.90 Å². The number of hydrogen-bond acceptors (Lipinski definition) is 4. The van der Waals surface area contributed by atoms with Gasteiger partial charge in [0.1, 0.15) is 22.5 Å². The van der Waals surface area contributed by atoms with Gasteiger partial charge in [-0.15, -0.1) is 0 Å². The molecule has 1 amide bonds. The number of amides is 1. The Labute approximate surface area is 143 Å². The average Bonchev–Trinajstić information content (AvgIpc) is 3.02. The van der Waals surface area contributed by atoms with Crippen molar-refractivity contribution in [3.05, 3.63) is 82.4 Å². The first-order chi connectivity index (χ1) is 12.1. The molecule has 2 aromatic carbocycles. The van der Waals surface area contributed by atoms with Gasteiger partial charge in [-0.05, 0) is 24.3 Å². The summed E-state index contributed by atoms with van der Waals surface area (Å²) in [6, 6.07) is 18.2. The van der Waals surface area contributed by atoms with Crippen molar-refractivity contribution in [2.45, 2.75) is 6.54 Å². The maximum Gasteiger partial charge on any atom is 0.349 e. The van der Waals surface area contributed by atoms with E-state index in [1.165, 1.54) is 4.90 Å². The Morgan fingerprint density at radius 3 is 2.20 bits per heavy atom. The van der Waals surface area contributed by atoms with Crippen LogP contribution in [0.2, 0.25) is 0 Å². The van der Waals surface area contributed by atoms with Crippen LogP contribution in [0.15, 0.2) is 74.3 Å². The van der Waals surface area contributed by atoms with Crippen LogP contribution >= 0.6 is 0 Å². The number of carbonyl (C=O) groups is 1. The Morgan fingerprint density at radius 1 is 0.920 bits per heavy atom. The first-order valence-electron chi connectivity index (χ1n) is 7.87. The van der Waals surface area contributed by atoms with Crippen LogP contribution in [0, 0.1) is 0 Å². The molecule has 0 saturated carbocycles. The second-order valence-electron chi connectivity index (χ2n) is 5.90. The molecule has 0 atom stereocenters. The standard InChI is InChI=1S/C20H15NO4/c1-21(12-15-10-13-6-2-4-8-17(13)24-15)19(22)16-11-14-7-3-5-9-18(14)25-20(16)23/h2-11H,12H2,1H3. The minimum Gasteiger partial charge on any atom is -0.459 e. The van der Waals surface area contributed by atoms with Crippen LogP contribution in [0.1, 0.15) is 16.1 Å². The molecule has 2 aromatic heterocycles. The fourth-order valence-corrected chi connectivity index (χ4v) is 2.84. The predicted octanol–water partition coefficient (Wildman–Crippen LogP) is 3.81. The molecule has 0 radical (unpaired) electrons. The van der Waals surface area contributed by atoms with Crippen molar-refractivity contribution < 1.29 is 13.6 Å². The Kier molecular flexibility index (Phi) is 3.61. The number of rotatable bonds is 3. The summed E-state index contributed by atoms with van der Waals surface area (Å²) in [5.74, 6) is 0.252. The first kappa shape index (κ1) is 15.2. The molecule has 0 fully saturated rings. The third-order valence-corrected chi connectivity index (χ3v) is 4.09. The summed E-state index contributed by atoms with van der Waals surface area (Å²) in [7, 11) is 1.63. The van der Waals surface area contributed by atoms with Gasteiger partial charge in [0.15, 0.2) is 0 Å². The van der Waals surface area contributed by atoms with Crippen LogP contribution in [0.4, 0.5) is 0 Å². The maximum atomic E-state index is 12.7. The van der Waals surface area contributed by atoms with Gasteiger partial charge in [0, 0.05) is 17.8 Å². The lowest BCUT2D eigenvalue weighted by Crippen LogP contribution is -2.30. The molecular formula is C20H15NO4. The molecule has 0 unspecified atom stereocenters.